The molecule has 2 N–H and O–H groups in total. The van der Waals surface area contributed by atoms with Gasteiger partial charge in [-0.1, -0.05) is 30.3 Å². The van der Waals surface area contributed by atoms with Gasteiger partial charge in [-0.3, -0.25) is 19.7 Å². The Labute approximate surface area is 190 Å². The normalized spacial score (nSPS) is 17.5. The molecule has 0 unspecified atom stereocenters. The third-order valence-corrected chi connectivity index (χ3v) is 6.86. The molecule has 0 bridgehead atoms. The maximum atomic E-state index is 13.2. The molecule has 2 aliphatic heterocycles. The number of nitrogens with one attached hydrogen (secondary N) is 2. The van der Waals surface area contributed by atoms with Crippen LogP contribution in [-0.4, -0.2) is 51.4 Å². The Morgan fingerprint density at radius 1 is 1.03 bits per heavy atom. The van der Waals surface area contributed by atoms with Crippen LogP contribution in [0.25, 0.3) is 32.8 Å². The van der Waals surface area contributed by atoms with E-state index in [0.717, 1.165) is 32.8 Å². The fourth-order valence-electron chi connectivity index (χ4n) is 5.06. The van der Waals surface area contributed by atoms with Crippen molar-refractivity contribution in [3.8, 4) is 11.1 Å². The lowest BCUT2D eigenvalue weighted by molar-refractivity contribution is -0.125. The Hall–Kier alpha value is -4.00. The molecule has 7 nitrogen and oxygen atoms in total. The molecule has 1 spiro atoms. The molecule has 164 valence electrons. The number of fused-ring (bicyclic) bond motifs is 2. The highest BCUT2D eigenvalue weighted by Crippen LogP contribution is 2.33. The van der Waals surface area contributed by atoms with E-state index in [2.05, 4.69) is 38.7 Å². The topological polar surface area (TPSA) is 90.5 Å². The third kappa shape index (κ3) is 3.19. The first kappa shape index (κ1) is 19.7. The van der Waals surface area contributed by atoms with Crippen LogP contribution in [0.3, 0.4) is 0 Å². The molecule has 3 heterocycles. The van der Waals surface area contributed by atoms with Crippen LogP contribution in [0.15, 0.2) is 65.8 Å². The summed E-state index contributed by atoms with van der Waals surface area (Å²) in [6.07, 6.45) is 2.93. The number of benzene rings is 3. The number of aromatic nitrogens is 2. The number of amides is 2. The zero-order valence-electron chi connectivity index (χ0n) is 18.3. The van der Waals surface area contributed by atoms with Gasteiger partial charge in [-0.15, -0.1) is 0 Å². The molecule has 0 atom stereocenters. The van der Waals surface area contributed by atoms with Gasteiger partial charge >= 0.3 is 0 Å². The average molecular weight is 438 g/mol. The van der Waals surface area contributed by atoms with Crippen molar-refractivity contribution in [2.45, 2.75) is 25.3 Å². The highest BCUT2D eigenvalue weighted by Gasteiger charge is 2.45. The van der Waals surface area contributed by atoms with Crippen molar-refractivity contribution in [1.29, 1.82) is 0 Å². The summed E-state index contributed by atoms with van der Waals surface area (Å²) >= 11 is 0. The van der Waals surface area contributed by atoms with E-state index in [-0.39, 0.29) is 11.8 Å². The van der Waals surface area contributed by atoms with E-state index in [0.29, 0.717) is 37.3 Å². The molecule has 3 aromatic carbocycles. The van der Waals surface area contributed by atoms with E-state index in [1.54, 1.807) is 6.92 Å². The predicted molar refractivity (Wildman–Crippen MR) is 128 cm³/mol. The van der Waals surface area contributed by atoms with Crippen LogP contribution in [0.5, 0.6) is 0 Å². The van der Waals surface area contributed by atoms with Crippen LogP contribution in [-0.2, 0) is 4.79 Å². The number of piperidine rings is 1. The molecule has 33 heavy (non-hydrogen) atoms. The zero-order valence-corrected chi connectivity index (χ0v) is 18.3. The first-order chi connectivity index (χ1) is 16.0. The van der Waals surface area contributed by atoms with Crippen LogP contribution in [0.1, 0.15) is 30.1 Å². The van der Waals surface area contributed by atoms with Gasteiger partial charge in [0.1, 0.15) is 11.4 Å². The molecule has 6 rings (SSSR count). The van der Waals surface area contributed by atoms with Gasteiger partial charge in [-0.25, -0.2) is 0 Å². The van der Waals surface area contributed by atoms with Crippen molar-refractivity contribution in [3.05, 3.63) is 66.4 Å². The molecular formula is C26H23N5O2. The number of carbonyl (C=O) groups is 2. The van der Waals surface area contributed by atoms with E-state index in [1.165, 1.54) is 0 Å². The molecular weight excluding hydrogens is 414 g/mol. The lowest BCUT2D eigenvalue weighted by Crippen LogP contribution is -2.50. The van der Waals surface area contributed by atoms with Gasteiger partial charge in [0.05, 0.1) is 11.7 Å². The van der Waals surface area contributed by atoms with Crippen molar-refractivity contribution in [2.24, 2.45) is 4.99 Å². The minimum Gasteiger partial charge on any atom is -0.338 e. The monoisotopic (exact) mass is 437 g/mol. The summed E-state index contributed by atoms with van der Waals surface area (Å²) < 4.78 is 0. The SMILES string of the molecule is CC1=NC2(CCN(C(=O)c3ccc4c(-c5ccc6[nH]ncc6c5)cccc4c3)CC2)C(=O)N1. The van der Waals surface area contributed by atoms with Crippen LogP contribution in [0, 0.1) is 0 Å². The Kier molecular flexibility index (Phi) is 4.33. The summed E-state index contributed by atoms with van der Waals surface area (Å²) in [7, 11) is 0. The quantitative estimate of drug-likeness (QED) is 0.498. The Bertz CT molecular complexity index is 1460. The largest absolute Gasteiger partial charge is 0.338 e. The van der Waals surface area contributed by atoms with Gasteiger partial charge in [0.15, 0.2) is 0 Å². The highest BCUT2D eigenvalue weighted by atomic mass is 16.2. The van der Waals surface area contributed by atoms with Crippen molar-refractivity contribution in [3.63, 3.8) is 0 Å². The zero-order chi connectivity index (χ0) is 22.6. The molecule has 0 saturated carbocycles. The molecule has 2 amide bonds. The number of hydrogen-bond donors (Lipinski definition) is 2. The van der Waals surface area contributed by atoms with Gasteiger partial charge in [-0.05, 0) is 65.9 Å². The maximum Gasteiger partial charge on any atom is 0.253 e. The summed E-state index contributed by atoms with van der Waals surface area (Å²) in [5.41, 5.74) is 3.20. The van der Waals surface area contributed by atoms with Crippen LogP contribution < -0.4 is 5.32 Å². The number of nitrogens with zero attached hydrogens (tertiary/aromatic N) is 3. The van der Waals surface area contributed by atoms with E-state index in [1.807, 2.05) is 47.5 Å². The molecule has 4 aromatic rings. The van der Waals surface area contributed by atoms with Crippen LogP contribution in [0.2, 0.25) is 0 Å². The second-order valence-electron chi connectivity index (χ2n) is 8.89. The minimum atomic E-state index is -0.699. The third-order valence-electron chi connectivity index (χ3n) is 6.86. The fourth-order valence-corrected chi connectivity index (χ4v) is 5.06. The molecule has 2 aliphatic rings. The first-order valence-corrected chi connectivity index (χ1v) is 11.2. The van der Waals surface area contributed by atoms with E-state index in [4.69, 9.17) is 0 Å². The molecule has 7 heteroatoms. The van der Waals surface area contributed by atoms with Gasteiger partial charge in [0, 0.05) is 24.0 Å². The number of carbonyl (C=O) groups excluding carboxylic acids is 2. The van der Waals surface area contributed by atoms with Crippen molar-refractivity contribution in [2.75, 3.05) is 13.1 Å². The molecule has 1 saturated heterocycles. The number of aliphatic imine (C=N–C) groups is 1. The molecule has 1 fully saturated rings. The second-order valence-corrected chi connectivity index (χ2v) is 8.89. The lowest BCUT2D eigenvalue weighted by Gasteiger charge is -2.35. The smallest absolute Gasteiger partial charge is 0.253 e. The van der Waals surface area contributed by atoms with Gasteiger partial charge in [-0.2, -0.15) is 5.10 Å². The molecule has 1 aromatic heterocycles. The van der Waals surface area contributed by atoms with Crippen molar-refractivity contribution >= 4 is 39.3 Å². The lowest BCUT2D eigenvalue weighted by atomic mass is 9.87. The Morgan fingerprint density at radius 2 is 1.88 bits per heavy atom. The minimum absolute atomic E-state index is 0.00363. The number of H-pyrrole nitrogens is 1. The number of hydrogen-bond acceptors (Lipinski definition) is 4. The summed E-state index contributed by atoms with van der Waals surface area (Å²) in [5, 5.41) is 13.1. The standard InChI is InChI=1S/C26H23N5O2/c1-16-28-25(33)26(29-16)9-11-31(12-10-26)24(32)19-5-7-22-17(13-19)3-2-4-21(22)18-6-8-23-20(14-18)15-27-30-23/h2-8,13-15H,9-12H2,1H3,(H,27,30)(H,28,29,33). The van der Waals surface area contributed by atoms with Crippen LogP contribution >= 0.6 is 0 Å². The number of likely N-dealkylation sites (tertiary alicyclic amines) is 1. The van der Waals surface area contributed by atoms with Crippen LogP contribution in [0.4, 0.5) is 0 Å². The number of amidine groups is 1. The Morgan fingerprint density at radius 3 is 2.67 bits per heavy atom. The summed E-state index contributed by atoms with van der Waals surface area (Å²) in [6.45, 7) is 2.85. The highest BCUT2D eigenvalue weighted by molar-refractivity contribution is 6.08. The van der Waals surface area contributed by atoms with Crippen molar-refractivity contribution in [1.82, 2.24) is 20.4 Å². The first-order valence-electron chi connectivity index (χ1n) is 11.2. The van der Waals surface area contributed by atoms with Crippen molar-refractivity contribution < 1.29 is 9.59 Å². The molecule has 0 radical (unpaired) electrons. The number of rotatable bonds is 2. The van der Waals surface area contributed by atoms with Gasteiger partial charge in [0.25, 0.3) is 11.8 Å². The van der Waals surface area contributed by atoms with E-state index >= 15 is 0 Å². The summed E-state index contributed by atoms with van der Waals surface area (Å²) in [6, 6.07) is 18.3. The molecule has 0 aliphatic carbocycles. The summed E-state index contributed by atoms with van der Waals surface area (Å²) in [4.78, 5) is 31.9. The Balaban J connectivity index is 1.28. The summed E-state index contributed by atoms with van der Waals surface area (Å²) in [5.74, 6) is 0.618. The number of aromatic amines is 1. The average Bonchev–Trinajstić information content (AvgIpc) is 3.41. The second kappa shape index (κ2) is 7.27. The fraction of sp³-hybridized carbons (Fsp3) is 0.231. The predicted octanol–water partition coefficient (Wildman–Crippen LogP) is 3.91. The van der Waals surface area contributed by atoms with Gasteiger partial charge < -0.3 is 10.2 Å². The van der Waals surface area contributed by atoms with Gasteiger partial charge in [0.2, 0.25) is 0 Å². The van der Waals surface area contributed by atoms with E-state index < -0.39 is 5.54 Å². The maximum absolute atomic E-state index is 13.2. The van der Waals surface area contributed by atoms with E-state index in [9.17, 15) is 9.59 Å².